The highest BCUT2D eigenvalue weighted by Gasteiger charge is 2.27. The maximum Gasteiger partial charge on any atom is 0.306 e. The van der Waals surface area contributed by atoms with Crippen molar-refractivity contribution >= 4 is 19.7 Å². The van der Waals surface area contributed by atoms with Gasteiger partial charge in [0, 0.05) is 12.8 Å². The Morgan fingerprint density at radius 2 is 0.803 bits per heavy atom. The highest BCUT2D eigenvalue weighted by Crippen LogP contribution is 2.38. The maximum atomic E-state index is 13.5. The van der Waals surface area contributed by atoms with Crippen molar-refractivity contribution in [1.82, 2.24) is 5.32 Å². The molecule has 10 heteroatoms. The van der Waals surface area contributed by atoms with Crippen molar-refractivity contribution in [3.05, 3.63) is 36.5 Å². The highest BCUT2D eigenvalue weighted by molar-refractivity contribution is 7.45. The van der Waals surface area contributed by atoms with E-state index in [4.69, 9.17) is 13.8 Å². The smallest absolute Gasteiger partial charge is 0.306 e. The van der Waals surface area contributed by atoms with E-state index in [2.05, 4.69) is 50.4 Å². The van der Waals surface area contributed by atoms with E-state index in [1.54, 1.807) is 0 Å². The molecule has 0 aromatic rings. The van der Waals surface area contributed by atoms with Crippen LogP contribution in [0.4, 0.5) is 0 Å². The second-order valence-corrected chi connectivity index (χ2v) is 25.0. The molecule has 0 aromatic heterocycles. The third-order valence-corrected chi connectivity index (χ3v) is 15.8. The number of esters is 1. The van der Waals surface area contributed by atoms with Gasteiger partial charge in [0.15, 0.2) is 0 Å². The van der Waals surface area contributed by atoms with Gasteiger partial charge in [-0.05, 0) is 63.9 Å². The maximum absolute atomic E-state index is 13.5. The molecule has 0 aliphatic rings. The third kappa shape index (κ3) is 56.9. The Balaban J connectivity index is 5.04. The standard InChI is InChI=1S/C66H127N2O7P/c1-7-10-13-16-19-22-25-28-29-30-31-32-33-34-35-36-37-38-39-41-44-47-50-53-56-59-66(70)75-64(57-54-51-48-45-42-27-24-21-18-15-12-9-3)63(62-74-76(71,72)73-61-60-68(4,5)6)67-65(69)58-55-52-49-46-43-40-26-23-20-17-14-11-8-2/h19,22,28-29,54,57,63-64H,7-18,20-21,23-27,30-53,55-56,58-62H2,1-6H3,(H-,67,69,71,72)/b22-19-,29-28-,57-54-. The number of likely N-dealkylation sites (N-methyl/N-ethyl adjacent to an activating group) is 1. The van der Waals surface area contributed by atoms with Crippen LogP contribution in [0.1, 0.15) is 323 Å². The van der Waals surface area contributed by atoms with Crippen LogP contribution in [0.3, 0.4) is 0 Å². The largest absolute Gasteiger partial charge is 0.756 e. The zero-order valence-electron chi connectivity index (χ0n) is 51.2. The first-order valence-electron chi connectivity index (χ1n) is 32.8. The molecule has 0 fully saturated rings. The fourth-order valence-electron chi connectivity index (χ4n) is 9.73. The third-order valence-electron chi connectivity index (χ3n) is 14.8. The van der Waals surface area contributed by atoms with Crippen LogP contribution in [-0.4, -0.2) is 69.4 Å². The molecule has 0 saturated carbocycles. The van der Waals surface area contributed by atoms with E-state index in [1.807, 2.05) is 33.3 Å². The molecular weight excluding hydrogens is 964 g/mol. The van der Waals surface area contributed by atoms with Gasteiger partial charge in [-0.3, -0.25) is 14.2 Å². The Hall–Kier alpha value is -1.77. The van der Waals surface area contributed by atoms with Gasteiger partial charge < -0.3 is 28.5 Å². The number of hydrogen-bond donors (Lipinski definition) is 1. The molecule has 76 heavy (non-hydrogen) atoms. The van der Waals surface area contributed by atoms with E-state index < -0.39 is 20.0 Å². The minimum absolute atomic E-state index is 0.0191. The van der Waals surface area contributed by atoms with Crippen LogP contribution in [0.2, 0.25) is 0 Å². The van der Waals surface area contributed by atoms with E-state index in [0.29, 0.717) is 17.4 Å². The van der Waals surface area contributed by atoms with Crippen molar-refractivity contribution in [3.63, 3.8) is 0 Å². The predicted octanol–water partition coefficient (Wildman–Crippen LogP) is 19.7. The zero-order valence-corrected chi connectivity index (χ0v) is 52.1. The van der Waals surface area contributed by atoms with Gasteiger partial charge in [-0.1, -0.05) is 282 Å². The van der Waals surface area contributed by atoms with E-state index >= 15 is 0 Å². The van der Waals surface area contributed by atoms with E-state index in [9.17, 15) is 19.0 Å². The van der Waals surface area contributed by atoms with Gasteiger partial charge in [0.25, 0.3) is 7.82 Å². The molecule has 0 spiro atoms. The summed E-state index contributed by atoms with van der Waals surface area (Å²) in [5.41, 5.74) is 0. The number of carbonyl (C=O) groups is 2. The van der Waals surface area contributed by atoms with Gasteiger partial charge in [0.05, 0.1) is 33.8 Å². The number of nitrogens with one attached hydrogen (secondary N) is 1. The van der Waals surface area contributed by atoms with Gasteiger partial charge in [-0.25, -0.2) is 0 Å². The lowest BCUT2D eigenvalue weighted by Gasteiger charge is -2.30. The number of amides is 1. The van der Waals surface area contributed by atoms with Gasteiger partial charge in [0.1, 0.15) is 19.3 Å². The van der Waals surface area contributed by atoms with Crippen LogP contribution in [0.25, 0.3) is 0 Å². The minimum atomic E-state index is -4.69. The second-order valence-electron chi connectivity index (χ2n) is 23.6. The van der Waals surface area contributed by atoms with Crippen LogP contribution in [-0.2, 0) is 27.9 Å². The molecule has 9 nitrogen and oxygen atoms in total. The number of carbonyl (C=O) groups excluding carboxylic acids is 2. The predicted molar refractivity (Wildman–Crippen MR) is 326 cm³/mol. The van der Waals surface area contributed by atoms with Crippen LogP contribution >= 0.6 is 7.82 Å². The lowest BCUT2D eigenvalue weighted by atomic mass is 10.0. The zero-order chi connectivity index (χ0) is 55.7. The number of allylic oxidation sites excluding steroid dienone is 5. The fraction of sp³-hybridized carbons (Fsp3) is 0.879. The highest BCUT2D eigenvalue weighted by atomic mass is 31.2. The molecule has 0 heterocycles. The van der Waals surface area contributed by atoms with Gasteiger partial charge >= 0.3 is 5.97 Å². The first kappa shape index (κ1) is 74.2. The van der Waals surface area contributed by atoms with Gasteiger partial charge in [-0.2, -0.15) is 0 Å². The molecule has 0 radical (unpaired) electrons. The number of rotatable bonds is 60. The first-order valence-corrected chi connectivity index (χ1v) is 34.3. The number of phosphoric acid groups is 1. The molecule has 0 aliphatic heterocycles. The molecular formula is C66H127N2O7P. The second kappa shape index (κ2) is 56.5. The molecule has 1 amide bonds. The van der Waals surface area contributed by atoms with E-state index in [1.165, 1.54) is 225 Å². The summed E-state index contributed by atoms with van der Waals surface area (Å²) in [7, 11) is 1.20. The Bertz CT molecular complexity index is 1400. The number of hydrogen-bond acceptors (Lipinski definition) is 7. The molecule has 0 bridgehead atoms. The summed E-state index contributed by atoms with van der Waals surface area (Å²) in [6.45, 7) is 6.85. The van der Waals surface area contributed by atoms with E-state index in [0.717, 1.165) is 64.2 Å². The Labute approximate surface area is 472 Å². The SMILES string of the molecule is CCCCC/C=C\C/C=C\CCCCCCCCCCCCCCCCCC(=O)OC(/C=C\CCCCCCCCCCCC)C(COP(=O)([O-])OCC[N+](C)(C)C)NC(=O)CCCCCCCCCCCCCCC. The lowest BCUT2D eigenvalue weighted by molar-refractivity contribution is -0.870. The Kier molecular flexibility index (Phi) is 55.2. The molecule has 1 N–H and O–H groups in total. The first-order chi connectivity index (χ1) is 36.9. The van der Waals surface area contributed by atoms with Crippen LogP contribution in [0, 0.1) is 0 Å². The quantitative estimate of drug-likeness (QED) is 0.0212. The molecule has 0 aliphatic carbocycles. The average molecular weight is 1090 g/mol. The summed E-state index contributed by atoms with van der Waals surface area (Å²) in [6.07, 6.45) is 68.3. The monoisotopic (exact) mass is 1090 g/mol. The van der Waals surface area contributed by atoms with Crippen molar-refractivity contribution in [2.45, 2.75) is 335 Å². The molecule has 3 unspecified atom stereocenters. The number of phosphoric ester groups is 1. The molecule has 0 rings (SSSR count). The summed E-state index contributed by atoms with van der Waals surface area (Å²) in [5.74, 6) is -0.526. The Morgan fingerprint density at radius 1 is 0.461 bits per heavy atom. The van der Waals surface area contributed by atoms with Crippen molar-refractivity contribution in [3.8, 4) is 0 Å². The molecule has 448 valence electrons. The number of quaternary nitrogens is 1. The normalized spacial score (nSPS) is 13.8. The van der Waals surface area contributed by atoms with Crippen molar-refractivity contribution in [1.29, 1.82) is 0 Å². The molecule has 3 atom stereocenters. The summed E-state index contributed by atoms with van der Waals surface area (Å²) >= 11 is 0. The topological polar surface area (TPSA) is 114 Å². The van der Waals surface area contributed by atoms with Crippen molar-refractivity contribution in [2.24, 2.45) is 0 Å². The van der Waals surface area contributed by atoms with Crippen molar-refractivity contribution in [2.75, 3.05) is 40.9 Å². The molecule has 0 aromatic carbocycles. The summed E-state index contributed by atoms with van der Waals surface area (Å²) < 4.78 is 30.3. The number of unbranched alkanes of at least 4 members (excludes halogenated alkanes) is 40. The summed E-state index contributed by atoms with van der Waals surface area (Å²) in [5, 5.41) is 3.03. The van der Waals surface area contributed by atoms with Gasteiger partial charge in [-0.15, -0.1) is 0 Å². The summed E-state index contributed by atoms with van der Waals surface area (Å²) in [4.78, 5) is 40.0. The van der Waals surface area contributed by atoms with Crippen LogP contribution in [0.15, 0.2) is 36.5 Å². The van der Waals surface area contributed by atoms with E-state index in [-0.39, 0.29) is 31.5 Å². The fourth-order valence-corrected chi connectivity index (χ4v) is 10.5. The van der Waals surface area contributed by atoms with Crippen LogP contribution in [0.5, 0.6) is 0 Å². The van der Waals surface area contributed by atoms with Crippen LogP contribution < -0.4 is 10.2 Å². The molecule has 0 saturated heterocycles. The number of ether oxygens (including phenoxy) is 1. The average Bonchev–Trinajstić information content (AvgIpc) is 3.38. The lowest BCUT2D eigenvalue weighted by Crippen LogP contribution is -2.47. The minimum Gasteiger partial charge on any atom is -0.756 e. The van der Waals surface area contributed by atoms with Gasteiger partial charge in [0.2, 0.25) is 5.91 Å². The van der Waals surface area contributed by atoms with Crippen molar-refractivity contribution < 1.29 is 37.3 Å². The Morgan fingerprint density at radius 3 is 1.21 bits per heavy atom. The number of nitrogens with zero attached hydrogens (tertiary/aromatic N) is 1. The summed E-state index contributed by atoms with van der Waals surface area (Å²) in [6, 6.07) is -0.882.